The van der Waals surface area contributed by atoms with Crippen LogP contribution in [0.25, 0.3) is 0 Å². The summed E-state index contributed by atoms with van der Waals surface area (Å²) in [6.07, 6.45) is -11.0. The first-order chi connectivity index (χ1) is 9.99. The van der Waals surface area contributed by atoms with E-state index in [1.165, 1.54) is 0 Å². The fourth-order valence-electron chi connectivity index (χ4n) is 1.36. The van der Waals surface area contributed by atoms with Gasteiger partial charge in [0, 0.05) is 0 Å². The quantitative estimate of drug-likeness (QED) is 0.811. The van der Waals surface area contributed by atoms with Crippen molar-refractivity contribution < 1.29 is 45.3 Å². The number of halogens is 7. The maximum atomic E-state index is 13.0. The van der Waals surface area contributed by atoms with E-state index in [-0.39, 0.29) is 5.75 Å². The van der Waals surface area contributed by atoms with Crippen molar-refractivity contribution in [1.29, 1.82) is 0 Å². The minimum atomic E-state index is -4.92. The zero-order valence-corrected chi connectivity index (χ0v) is 10.8. The third kappa shape index (κ3) is 6.48. The van der Waals surface area contributed by atoms with E-state index in [1.807, 2.05) is 0 Å². The largest absolute Gasteiger partial charge is 0.491 e. The number of aliphatic hydroxyl groups excluding tert-OH is 1. The zero-order valence-electron chi connectivity index (χ0n) is 10.8. The molecule has 22 heavy (non-hydrogen) atoms. The molecule has 0 spiro atoms. The lowest BCUT2D eigenvalue weighted by atomic mass is 10.2. The number of ether oxygens (including phenoxy) is 2. The Morgan fingerprint density at radius 2 is 1.68 bits per heavy atom. The highest BCUT2D eigenvalue weighted by molar-refractivity contribution is 5.31. The predicted molar refractivity (Wildman–Crippen MR) is 59.8 cm³/mol. The van der Waals surface area contributed by atoms with Gasteiger partial charge < -0.3 is 14.6 Å². The van der Waals surface area contributed by atoms with Crippen LogP contribution in [-0.2, 0) is 10.9 Å². The summed E-state index contributed by atoms with van der Waals surface area (Å²) in [5.74, 6) is -1.88. The molecule has 1 rings (SSSR count). The number of hydrogen-bond acceptors (Lipinski definition) is 3. The average molecular weight is 336 g/mol. The van der Waals surface area contributed by atoms with Gasteiger partial charge >= 0.3 is 12.4 Å². The molecule has 3 nitrogen and oxygen atoms in total. The van der Waals surface area contributed by atoms with Gasteiger partial charge in [0.2, 0.25) is 0 Å². The van der Waals surface area contributed by atoms with Crippen molar-refractivity contribution in [2.24, 2.45) is 0 Å². The molecule has 0 aromatic heterocycles. The van der Waals surface area contributed by atoms with Crippen LogP contribution in [0.1, 0.15) is 5.56 Å². The summed E-state index contributed by atoms with van der Waals surface area (Å²) in [6.45, 7) is -2.90. The van der Waals surface area contributed by atoms with E-state index >= 15 is 0 Å². The molecular formula is C12H11F7O3. The Morgan fingerprint density at radius 3 is 2.23 bits per heavy atom. The summed E-state index contributed by atoms with van der Waals surface area (Å²) in [4.78, 5) is 0. The van der Waals surface area contributed by atoms with Gasteiger partial charge in [0.15, 0.2) is 0 Å². The Balaban J connectivity index is 2.51. The number of rotatable bonds is 6. The highest BCUT2D eigenvalue weighted by Crippen LogP contribution is 2.33. The second kappa shape index (κ2) is 7.14. The Bertz CT molecular complexity index is 485. The van der Waals surface area contributed by atoms with Crippen LogP contribution in [0.2, 0.25) is 0 Å². The van der Waals surface area contributed by atoms with Gasteiger partial charge in [-0.05, 0) is 18.2 Å². The molecule has 0 radical (unpaired) electrons. The van der Waals surface area contributed by atoms with E-state index in [4.69, 9.17) is 4.74 Å². The highest BCUT2D eigenvalue weighted by atomic mass is 19.4. The predicted octanol–water partition coefficient (Wildman–Crippen LogP) is 3.16. The molecule has 0 fully saturated rings. The van der Waals surface area contributed by atoms with Crippen LogP contribution < -0.4 is 4.74 Å². The van der Waals surface area contributed by atoms with Crippen LogP contribution in [0.3, 0.4) is 0 Å². The first-order valence-corrected chi connectivity index (χ1v) is 5.81. The van der Waals surface area contributed by atoms with Gasteiger partial charge in [-0.3, -0.25) is 0 Å². The van der Waals surface area contributed by atoms with Crippen molar-refractivity contribution in [3.05, 3.63) is 29.6 Å². The molecule has 0 bridgehead atoms. The Hall–Kier alpha value is -1.55. The van der Waals surface area contributed by atoms with Crippen molar-refractivity contribution in [2.45, 2.75) is 18.5 Å². The maximum absolute atomic E-state index is 13.0. The average Bonchev–Trinajstić information content (AvgIpc) is 2.34. The van der Waals surface area contributed by atoms with Gasteiger partial charge in [-0.25, -0.2) is 4.39 Å². The second-order valence-electron chi connectivity index (χ2n) is 4.23. The molecule has 1 atom stereocenters. The Morgan fingerprint density at radius 1 is 1.05 bits per heavy atom. The molecule has 0 amide bonds. The van der Waals surface area contributed by atoms with E-state index < -0.39 is 49.7 Å². The van der Waals surface area contributed by atoms with Gasteiger partial charge in [-0.2, -0.15) is 26.3 Å². The lowest BCUT2D eigenvalue weighted by Crippen LogP contribution is -2.27. The minimum Gasteiger partial charge on any atom is -0.491 e. The smallest absolute Gasteiger partial charge is 0.419 e. The first kappa shape index (κ1) is 18.5. The van der Waals surface area contributed by atoms with Crippen LogP contribution in [0, 0.1) is 5.82 Å². The Kier molecular flexibility index (Phi) is 6.00. The lowest BCUT2D eigenvalue weighted by Gasteiger charge is -2.15. The van der Waals surface area contributed by atoms with Crippen molar-refractivity contribution in [2.75, 3.05) is 19.8 Å². The number of hydrogen-bond donors (Lipinski definition) is 1. The van der Waals surface area contributed by atoms with Crippen LogP contribution in [0.15, 0.2) is 18.2 Å². The molecule has 126 valence electrons. The van der Waals surface area contributed by atoms with Crippen molar-refractivity contribution in [1.82, 2.24) is 0 Å². The molecule has 0 aliphatic heterocycles. The van der Waals surface area contributed by atoms with Crippen LogP contribution in [0.4, 0.5) is 30.7 Å². The Labute approximate surface area is 120 Å². The van der Waals surface area contributed by atoms with Gasteiger partial charge in [0.25, 0.3) is 0 Å². The summed E-state index contributed by atoms with van der Waals surface area (Å²) in [5.41, 5.74) is -1.55. The monoisotopic (exact) mass is 336 g/mol. The van der Waals surface area contributed by atoms with Crippen LogP contribution in [0.5, 0.6) is 5.75 Å². The van der Waals surface area contributed by atoms with Crippen LogP contribution >= 0.6 is 0 Å². The molecule has 1 unspecified atom stereocenters. The summed E-state index contributed by atoms with van der Waals surface area (Å²) in [5, 5.41) is 9.28. The van der Waals surface area contributed by atoms with E-state index in [1.54, 1.807) is 0 Å². The highest BCUT2D eigenvalue weighted by Gasteiger charge is 2.34. The standard InChI is InChI=1S/C12H11F7O3/c13-10-2-1-8(3-9(10)12(17,18)19)22-5-7(20)4-21-6-11(14,15)16/h1-3,7,20H,4-6H2. The molecule has 1 aromatic carbocycles. The normalized spacial score (nSPS) is 14.0. The van der Waals surface area contributed by atoms with E-state index in [0.29, 0.717) is 12.1 Å². The third-order valence-electron chi connectivity index (χ3n) is 2.26. The SMILES string of the molecule is OC(COCC(F)(F)F)COc1ccc(F)c(C(F)(F)F)c1. The summed E-state index contributed by atoms with van der Waals surface area (Å²) in [7, 11) is 0. The van der Waals surface area contributed by atoms with Crippen LogP contribution in [-0.4, -0.2) is 37.2 Å². The molecule has 1 N–H and O–H groups in total. The molecular weight excluding hydrogens is 325 g/mol. The van der Waals surface area contributed by atoms with E-state index in [2.05, 4.69) is 4.74 Å². The molecule has 0 aliphatic rings. The van der Waals surface area contributed by atoms with E-state index in [0.717, 1.165) is 6.07 Å². The zero-order chi connectivity index (χ0) is 17.0. The molecule has 1 aromatic rings. The summed E-state index contributed by atoms with van der Waals surface area (Å²) >= 11 is 0. The van der Waals surface area contributed by atoms with E-state index in [9.17, 15) is 35.8 Å². The maximum Gasteiger partial charge on any atom is 0.419 e. The second-order valence-corrected chi connectivity index (χ2v) is 4.23. The fourth-order valence-corrected chi connectivity index (χ4v) is 1.36. The van der Waals surface area contributed by atoms with Crippen molar-refractivity contribution >= 4 is 0 Å². The molecule has 0 saturated heterocycles. The molecule has 0 saturated carbocycles. The molecule has 0 heterocycles. The number of aliphatic hydroxyl groups is 1. The summed E-state index contributed by atoms with van der Waals surface area (Å²) < 4.78 is 94.5. The van der Waals surface area contributed by atoms with Gasteiger partial charge in [-0.1, -0.05) is 0 Å². The van der Waals surface area contributed by atoms with Crippen molar-refractivity contribution in [3.63, 3.8) is 0 Å². The molecule has 0 aliphatic carbocycles. The first-order valence-electron chi connectivity index (χ1n) is 5.81. The minimum absolute atomic E-state index is 0.386. The fraction of sp³-hybridized carbons (Fsp3) is 0.500. The lowest BCUT2D eigenvalue weighted by molar-refractivity contribution is -0.179. The number of alkyl halides is 6. The molecule has 10 heteroatoms. The van der Waals surface area contributed by atoms with Gasteiger partial charge in [0.05, 0.1) is 12.2 Å². The number of benzene rings is 1. The third-order valence-corrected chi connectivity index (χ3v) is 2.26. The summed E-state index contributed by atoms with van der Waals surface area (Å²) in [6, 6.07) is 1.82. The van der Waals surface area contributed by atoms with Gasteiger partial charge in [0.1, 0.15) is 30.9 Å². The van der Waals surface area contributed by atoms with Gasteiger partial charge in [-0.15, -0.1) is 0 Å². The topological polar surface area (TPSA) is 38.7 Å². The van der Waals surface area contributed by atoms with Crippen molar-refractivity contribution in [3.8, 4) is 5.75 Å².